The van der Waals surface area contributed by atoms with Gasteiger partial charge in [-0.2, -0.15) is 0 Å². The Morgan fingerprint density at radius 1 is 0.971 bits per heavy atom. The number of anilines is 1. The molecule has 0 saturated carbocycles. The van der Waals surface area contributed by atoms with Crippen molar-refractivity contribution in [3.05, 3.63) is 94.0 Å². The van der Waals surface area contributed by atoms with Gasteiger partial charge in [-0.05, 0) is 42.5 Å². The van der Waals surface area contributed by atoms with Gasteiger partial charge in [0, 0.05) is 5.02 Å². The van der Waals surface area contributed by atoms with Gasteiger partial charge < -0.3 is 4.74 Å². The first-order valence-electron chi connectivity index (χ1n) is 10.5. The summed E-state index contributed by atoms with van der Waals surface area (Å²) in [5.74, 6) is -2.41. The third-order valence-corrected chi connectivity index (χ3v) is 5.95. The van der Waals surface area contributed by atoms with E-state index >= 15 is 0 Å². The molecule has 1 heterocycles. The number of rotatable bonds is 5. The molecule has 0 spiro atoms. The number of para-hydroxylation sites is 2. The average Bonchev–Trinajstić information content (AvgIpc) is 3.15. The van der Waals surface area contributed by atoms with Crippen molar-refractivity contribution < 1.29 is 23.9 Å². The summed E-state index contributed by atoms with van der Waals surface area (Å²) in [5, 5.41) is 1.17. The van der Waals surface area contributed by atoms with E-state index < -0.39 is 29.7 Å². The van der Waals surface area contributed by atoms with E-state index in [0.29, 0.717) is 10.7 Å². The van der Waals surface area contributed by atoms with Crippen molar-refractivity contribution in [2.75, 3.05) is 12.0 Å². The van der Waals surface area contributed by atoms with Gasteiger partial charge in [0.1, 0.15) is 11.8 Å². The van der Waals surface area contributed by atoms with E-state index in [1.807, 2.05) is 0 Å². The Bertz CT molecular complexity index is 1320. The van der Waals surface area contributed by atoms with Crippen LogP contribution in [0.4, 0.5) is 5.69 Å². The third kappa shape index (κ3) is 4.84. The van der Waals surface area contributed by atoms with Gasteiger partial charge >= 0.3 is 0 Å². The zero-order chi connectivity index (χ0) is 25.1. The van der Waals surface area contributed by atoms with E-state index in [2.05, 4.69) is 5.43 Å². The standard InChI is InChI=1S/C25H19Cl2N3O5/c1-35-21-10-6-5-9-18(21)23(32)28-30(24(33)17-12-11-15(26)13-19(17)27)20-14-22(31)29(25(20)34)16-7-3-2-4-8-16/h2-13,20H,14H2,1H3,(H,28,32). The molecule has 1 N–H and O–H groups in total. The van der Waals surface area contributed by atoms with E-state index in [9.17, 15) is 19.2 Å². The van der Waals surface area contributed by atoms with Gasteiger partial charge in [-0.25, -0.2) is 9.91 Å². The number of methoxy groups -OCH3 is 1. The number of hydrazine groups is 1. The van der Waals surface area contributed by atoms with E-state index in [0.717, 1.165) is 9.91 Å². The summed E-state index contributed by atoms with van der Waals surface area (Å²) < 4.78 is 5.23. The van der Waals surface area contributed by atoms with Crippen molar-refractivity contribution in [3.63, 3.8) is 0 Å². The number of carbonyl (C=O) groups excluding carboxylic acids is 4. The van der Waals surface area contributed by atoms with E-state index in [1.54, 1.807) is 48.5 Å². The Balaban J connectivity index is 1.73. The maximum atomic E-state index is 13.6. The number of imide groups is 1. The Kier molecular flexibility index (Phi) is 7.04. The highest BCUT2D eigenvalue weighted by atomic mass is 35.5. The summed E-state index contributed by atoms with van der Waals surface area (Å²) in [6.07, 6.45) is -0.336. The zero-order valence-corrected chi connectivity index (χ0v) is 19.9. The molecule has 10 heteroatoms. The van der Waals surface area contributed by atoms with Gasteiger partial charge in [0.25, 0.3) is 17.7 Å². The average molecular weight is 512 g/mol. The van der Waals surface area contributed by atoms with Crippen LogP contribution in [-0.2, 0) is 9.59 Å². The maximum absolute atomic E-state index is 13.6. The molecule has 0 bridgehead atoms. The van der Waals surface area contributed by atoms with Gasteiger partial charge in [0.15, 0.2) is 0 Å². The first kappa shape index (κ1) is 24.3. The molecule has 1 aliphatic rings. The SMILES string of the molecule is COc1ccccc1C(=O)NN(C(=O)c1ccc(Cl)cc1Cl)C1CC(=O)N(c2ccccc2)C1=O. The molecular formula is C25H19Cl2N3O5. The van der Waals surface area contributed by atoms with Gasteiger partial charge in [-0.1, -0.05) is 53.5 Å². The zero-order valence-electron chi connectivity index (χ0n) is 18.4. The summed E-state index contributed by atoms with van der Waals surface area (Å²) in [4.78, 5) is 53.9. The fourth-order valence-corrected chi connectivity index (χ4v) is 4.22. The number of hydrogen-bond acceptors (Lipinski definition) is 5. The quantitative estimate of drug-likeness (QED) is 0.410. The van der Waals surface area contributed by atoms with Gasteiger partial charge in [0.05, 0.1) is 35.4 Å². The minimum absolute atomic E-state index is 0.00481. The van der Waals surface area contributed by atoms with Crippen LogP contribution >= 0.6 is 23.2 Å². The molecule has 1 saturated heterocycles. The van der Waals surface area contributed by atoms with E-state index in [4.69, 9.17) is 27.9 Å². The summed E-state index contributed by atoms with van der Waals surface area (Å²) in [7, 11) is 1.40. The largest absolute Gasteiger partial charge is 0.496 e. The maximum Gasteiger partial charge on any atom is 0.274 e. The lowest BCUT2D eigenvalue weighted by atomic mass is 10.1. The Morgan fingerprint density at radius 2 is 1.66 bits per heavy atom. The summed E-state index contributed by atoms with van der Waals surface area (Å²) in [5.41, 5.74) is 2.97. The van der Waals surface area contributed by atoms with Gasteiger partial charge in [-0.3, -0.25) is 24.6 Å². The Labute approximate surface area is 211 Å². The van der Waals surface area contributed by atoms with Crippen LogP contribution in [0.15, 0.2) is 72.8 Å². The van der Waals surface area contributed by atoms with Crippen molar-refractivity contribution >= 4 is 52.5 Å². The first-order valence-corrected chi connectivity index (χ1v) is 11.2. The number of nitrogens with zero attached hydrogens (tertiary/aromatic N) is 2. The van der Waals surface area contributed by atoms with Crippen molar-refractivity contribution in [2.24, 2.45) is 0 Å². The predicted octanol–water partition coefficient (Wildman–Crippen LogP) is 4.12. The molecule has 1 aliphatic heterocycles. The number of carbonyl (C=O) groups is 4. The highest BCUT2D eigenvalue weighted by molar-refractivity contribution is 6.37. The first-order chi connectivity index (χ1) is 16.8. The number of nitrogens with one attached hydrogen (secondary N) is 1. The molecule has 178 valence electrons. The fourth-order valence-electron chi connectivity index (χ4n) is 3.73. The molecule has 1 unspecified atom stereocenters. The second kappa shape index (κ2) is 10.2. The molecule has 8 nitrogen and oxygen atoms in total. The van der Waals surface area contributed by atoms with E-state index in [1.165, 1.54) is 31.4 Å². The number of halogens is 2. The predicted molar refractivity (Wildman–Crippen MR) is 130 cm³/mol. The molecule has 3 aromatic carbocycles. The van der Waals surface area contributed by atoms with Crippen LogP contribution in [-0.4, -0.2) is 41.8 Å². The molecule has 1 fully saturated rings. The van der Waals surface area contributed by atoms with Crippen LogP contribution < -0.4 is 15.1 Å². The number of amides is 4. The van der Waals surface area contributed by atoms with Crippen molar-refractivity contribution in [1.29, 1.82) is 0 Å². The lowest BCUT2D eigenvalue weighted by Gasteiger charge is -2.28. The van der Waals surface area contributed by atoms with Crippen LogP contribution in [0.1, 0.15) is 27.1 Å². The minimum Gasteiger partial charge on any atom is -0.496 e. The molecule has 4 rings (SSSR count). The normalized spacial score (nSPS) is 15.2. The summed E-state index contributed by atoms with van der Waals surface area (Å²) in [6, 6.07) is 17.6. The second-order valence-electron chi connectivity index (χ2n) is 7.56. The number of ether oxygens (including phenoxy) is 1. The topological polar surface area (TPSA) is 96.0 Å². The number of benzene rings is 3. The Morgan fingerprint density at radius 3 is 2.34 bits per heavy atom. The highest BCUT2D eigenvalue weighted by Gasteiger charge is 2.45. The molecule has 4 amide bonds. The smallest absolute Gasteiger partial charge is 0.274 e. The second-order valence-corrected chi connectivity index (χ2v) is 8.41. The van der Waals surface area contributed by atoms with Gasteiger partial charge in [0.2, 0.25) is 5.91 Å². The van der Waals surface area contributed by atoms with Gasteiger partial charge in [-0.15, -0.1) is 0 Å². The van der Waals surface area contributed by atoms with Crippen LogP contribution in [0.5, 0.6) is 5.75 Å². The van der Waals surface area contributed by atoms with Crippen LogP contribution in [0, 0.1) is 0 Å². The molecule has 1 atom stereocenters. The van der Waals surface area contributed by atoms with E-state index in [-0.39, 0.29) is 28.3 Å². The van der Waals surface area contributed by atoms with Crippen LogP contribution in [0.2, 0.25) is 10.0 Å². The third-order valence-electron chi connectivity index (χ3n) is 5.40. The lowest BCUT2D eigenvalue weighted by Crippen LogP contribution is -2.54. The molecule has 35 heavy (non-hydrogen) atoms. The lowest BCUT2D eigenvalue weighted by molar-refractivity contribution is -0.122. The van der Waals surface area contributed by atoms with Crippen molar-refractivity contribution in [1.82, 2.24) is 10.4 Å². The minimum atomic E-state index is -1.30. The van der Waals surface area contributed by atoms with Crippen molar-refractivity contribution in [2.45, 2.75) is 12.5 Å². The molecule has 3 aromatic rings. The van der Waals surface area contributed by atoms with Crippen LogP contribution in [0.3, 0.4) is 0 Å². The molecule has 0 aromatic heterocycles. The highest BCUT2D eigenvalue weighted by Crippen LogP contribution is 2.28. The van der Waals surface area contributed by atoms with Crippen LogP contribution in [0.25, 0.3) is 0 Å². The van der Waals surface area contributed by atoms with Crippen molar-refractivity contribution in [3.8, 4) is 5.75 Å². The Hall–Kier alpha value is -3.88. The number of hydrogen-bond donors (Lipinski definition) is 1. The molecule has 0 aliphatic carbocycles. The molecule has 0 radical (unpaired) electrons. The molecular weight excluding hydrogens is 493 g/mol. The summed E-state index contributed by atoms with van der Waals surface area (Å²) in [6.45, 7) is 0. The monoisotopic (exact) mass is 511 g/mol. The summed E-state index contributed by atoms with van der Waals surface area (Å²) >= 11 is 12.2. The fraction of sp³-hybridized carbons (Fsp3) is 0.120.